The van der Waals surface area contributed by atoms with Gasteiger partial charge in [0.05, 0.1) is 12.5 Å². The highest BCUT2D eigenvalue weighted by atomic mass is 19.1. The molecule has 3 aromatic rings. The highest BCUT2D eigenvalue weighted by Crippen LogP contribution is 2.32. The zero-order valence-electron chi connectivity index (χ0n) is 13.8. The zero-order valence-corrected chi connectivity index (χ0v) is 13.8. The van der Waals surface area contributed by atoms with Gasteiger partial charge >= 0.3 is 0 Å². The number of hydrogen-bond acceptors (Lipinski definition) is 4. The van der Waals surface area contributed by atoms with Crippen LogP contribution in [0.1, 0.15) is 16.1 Å². The number of ether oxygens (including phenoxy) is 2. The summed E-state index contributed by atoms with van der Waals surface area (Å²) >= 11 is 0. The molecule has 2 heterocycles. The van der Waals surface area contributed by atoms with Crippen molar-refractivity contribution in [1.29, 1.82) is 0 Å². The Kier molecular flexibility index (Phi) is 4.27. The van der Waals surface area contributed by atoms with Gasteiger partial charge < -0.3 is 14.8 Å². The van der Waals surface area contributed by atoms with E-state index in [2.05, 4.69) is 10.3 Å². The molecule has 6 nitrogen and oxygen atoms in total. The first-order chi connectivity index (χ1) is 12.7. The topological polar surface area (TPSA) is 65.4 Å². The van der Waals surface area contributed by atoms with Crippen molar-refractivity contribution in [1.82, 2.24) is 14.9 Å². The third kappa shape index (κ3) is 3.23. The Morgan fingerprint density at radius 1 is 1.15 bits per heavy atom. The molecule has 0 saturated heterocycles. The second-order valence-corrected chi connectivity index (χ2v) is 5.82. The van der Waals surface area contributed by atoms with Gasteiger partial charge in [0.2, 0.25) is 6.79 Å². The summed E-state index contributed by atoms with van der Waals surface area (Å²) < 4.78 is 25.3. The van der Waals surface area contributed by atoms with E-state index >= 15 is 0 Å². The summed E-state index contributed by atoms with van der Waals surface area (Å²) in [5.74, 6) is 0.889. The van der Waals surface area contributed by atoms with Crippen molar-refractivity contribution < 1.29 is 18.7 Å². The summed E-state index contributed by atoms with van der Waals surface area (Å²) in [4.78, 5) is 16.5. The van der Waals surface area contributed by atoms with Crippen molar-refractivity contribution in [3.8, 4) is 17.2 Å². The first-order valence-electron chi connectivity index (χ1n) is 8.16. The first-order valence-corrected chi connectivity index (χ1v) is 8.16. The van der Waals surface area contributed by atoms with Crippen molar-refractivity contribution in [2.24, 2.45) is 0 Å². The SMILES string of the molecule is O=C(NCCc1ccc2c(c1)OCO2)c1cncn1-c1ccc(F)cc1. The van der Waals surface area contributed by atoms with Crippen molar-refractivity contribution in [2.45, 2.75) is 6.42 Å². The third-order valence-corrected chi connectivity index (χ3v) is 4.11. The maximum atomic E-state index is 13.1. The Bertz CT molecular complexity index is 937. The minimum atomic E-state index is -0.330. The predicted molar refractivity (Wildman–Crippen MR) is 92.1 cm³/mol. The molecule has 0 spiro atoms. The maximum Gasteiger partial charge on any atom is 0.269 e. The number of nitrogens with one attached hydrogen (secondary N) is 1. The molecule has 0 fully saturated rings. The molecule has 4 rings (SSSR count). The minimum absolute atomic E-state index is 0.239. The fourth-order valence-electron chi connectivity index (χ4n) is 2.78. The van der Waals surface area contributed by atoms with Crippen LogP contribution in [-0.4, -0.2) is 28.8 Å². The summed E-state index contributed by atoms with van der Waals surface area (Å²) in [6.45, 7) is 0.704. The van der Waals surface area contributed by atoms with Gasteiger partial charge in [0, 0.05) is 12.2 Å². The number of nitrogens with zero attached hydrogens (tertiary/aromatic N) is 2. The average molecular weight is 353 g/mol. The van der Waals surface area contributed by atoms with Crippen LogP contribution in [-0.2, 0) is 6.42 Å². The normalized spacial score (nSPS) is 12.2. The Morgan fingerprint density at radius 2 is 1.96 bits per heavy atom. The molecule has 0 saturated carbocycles. The fourth-order valence-corrected chi connectivity index (χ4v) is 2.78. The lowest BCUT2D eigenvalue weighted by Gasteiger charge is -2.09. The van der Waals surface area contributed by atoms with Crippen molar-refractivity contribution in [3.63, 3.8) is 0 Å². The highest BCUT2D eigenvalue weighted by Gasteiger charge is 2.15. The van der Waals surface area contributed by atoms with Crippen molar-refractivity contribution in [3.05, 3.63) is 72.1 Å². The molecule has 1 N–H and O–H groups in total. The number of rotatable bonds is 5. The Labute approximate surface area is 149 Å². The molecule has 132 valence electrons. The van der Waals surface area contributed by atoms with E-state index in [1.807, 2.05) is 18.2 Å². The number of hydrogen-bond donors (Lipinski definition) is 1. The summed E-state index contributed by atoms with van der Waals surface area (Å²) in [7, 11) is 0. The van der Waals surface area contributed by atoms with Crippen LogP contribution in [0.25, 0.3) is 5.69 Å². The number of halogens is 1. The molecule has 1 aliphatic rings. The lowest BCUT2D eigenvalue weighted by atomic mass is 10.1. The average Bonchev–Trinajstić information content (AvgIpc) is 3.31. The molecule has 1 aromatic heterocycles. The van der Waals surface area contributed by atoms with Gasteiger partial charge in [0.15, 0.2) is 11.5 Å². The number of imidazole rings is 1. The van der Waals surface area contributed by atoms with Crippen LogP contribution in [0.4, 0.5) is 4.39 Å². The van der Waals surface area contributed by atoms with Gasteiger partial charge in [-0.25, -0.2) is 9.37 Å². The number of carbonyl (C=O) groups is 1. The second kappa shape index (κ2) is 6.87. The molecule has 0 unspecified atom stereocenters. The molecular weight excluding hydrogens is 337 g/mol. The second-order valence-electron chi connectivity index (χ2n) is 5.82. The van der Waals surface area contributed by atoms with Crippen LogP contribution in [0.5, 0.6) is 11.5 Å². The van der Waals surface area contributed by atoms with Gasteiger partial charge in [-0.1, -0.05) is 6.07 Å². The van der Waals surface area contributed by atoms with Crippen molar-refractivity contribution in [2.75, 3.05) is 13.3 Å². The van der Waals surface area contributed by atoms with Gasteiger partial charge in [-0.05, 0) is 48.4 Å². The lowest BCUT2D eigenvalue weighted by molar-refractivity contribution is 0.0947. The van der Waals surface area contributed by atoms with E-state index < -0.39 is 0 Å². The van der Waals surface area contributed by atoms with Gasteiger partial charge in [0.25, 0.3) is 5.91 Å². The van der Waals surface area contributed by atoms with Gasteiger partial charge in [-0.3, -0.25) is 9.36 Å². The quantitative estimate of drug-likeness (QED) is 0.766. The molecule has 1 aliphatic heterocycles. The summed E-state index contributed by atoms with van der Waals surface area (Å²) in [5.41, 5.74) is 2.11. The minimum Gasteiger partial charge on any atom is -0.454 e. The number of amides is 1. The van der Waals surface area contributed by atoms with Crippen LogP contribution < -0.4 is 14.8 Å². The van der Waals surface area contributed by atoms with Gasteiger partial charge in [-0.15, -0.1) is 0 Å². The van der Waals surface area contributed by atoms with Crippen LogP contribution in [0.2, 0.25) is 0 Å². The smallest absolute Gasteiger partial charge is 0.269 e. The van der Waals surface area contributed by atoms with Crippen LogP contribution in [0.15, 0.2) is 55.0 Å². The van der Waals surface area contributed by atoms with Gasteiger partial charge in [0.1, 0.15) is 11.5 Å². The molecule has 1 amide bonds. The largest absolute Gasteiger partial charge is 0.454 e. The zero-order chi connectivity index (χ0) is 17.9. The summed E-state index contributed by atoms with van der Waals surface area (Å²) in [5, 5.41) is 2.88. The Morgan fingerprint density at radius 3 is 2.81 bits per heavy atom. The van der Waals surface area contributed by atoms with E-state index in [-0.39, 0.29) is 18.5 Å². The van der Waals surface area contributed by atoms with Crippen LogP contribution in [0.3, 0.4) is 0 Å². The van der Waals surface area contributed by atoms with E-state index in [9.17, 15) is 9.18 Å². The molecule has 0 bridgehead atoms. The van der Waals surface area contributed by atoms with E-state index in [1.165, 1.54) is 24.7 Å². The lowest BCUT2D eigenvalue weighted by Crippen LogP contribution is -2.27. The molecule has 26 heavy (non-hydrogen) atoms. The number of benzene rings is 2. The molecule has 0 atom stereocenters. The molecular formula is C19H16FN3O3. The molecule has 2 aromatic carbocycles. The van der Waals surface area contributed by atoms with Crippen molar-refractivity contribution >= 4 is 5.91 Å². The maximum absolute atomic E-state index is 13.1. The molecule has 7 heteroatoms. The fraction of sp³-hybridized carbons (Fsp3) is 0.158. The number of carbonyl (C=O) groups excluding carboxylic acids is 1. The van der Waals surface area contributed by atoms with E-state index in [4.69, 9.17) is 9.47 Å². The first kappa shape index (κ1) is 16.1. The number of fused-ring (bicyclic) bond motifs is 1. The van der Waals surface area contributed by atoms with Crippen LogP contribution in [0, 0.1) is 5.82 Å². The number of aromatic nitrogens is 2. The van der Waals surface area contributed by atoms with E-state index in [0.717, 1.165) is 17.1 Å². The molecule has 0 aliphatic carbocycles. The predicted octanol–water partition coefficient (Wildman–Crippen LogP) is 2.71. The Balaban J connectivity index is 1.40. The van der Waals surface area contributed by atoms with Gasteiger partial charge in [-0.2, -0.15) is 0 Å². The van der Waals surface area contributed by atoms with E-state index in [1.54, 1.807) is 16.7 Å². The summed E-state index contributed by atoms with van der Waals surface area (Å²) in [6, 6.07) is 11.6. The summed E-state index contributed by atoms with van der Waals surface area (Å²) in [6.07, 6.45) is 3.67. The Hall–Kier alpha value is -3.35. The highest BCUT2D eigenvalue weighted by molar-refractivity contribution is 5.93. The monoisotopic (exact) mass is 353 g/mol. The third-order valence-electron chi connectivity index (χ3n) is 4.11. The molecule has 0 radical (unpaired) electrons. The van der Waals surface area contributed by atoms with E-state index in [0.29, 0.717) is 24.3 Å². The van der Waals surface area contributed by atoms with Crippen LogP contribution >= 0.6 is 0 Å². The standard InChI is InChI=1S/C19H16FN3O3/c20-14-2-4-15(5-3-14)23-11-21-10-16(23)19(24)22-8-7-13-1-6-17-18(9-13)26-12-25-17/h1-6,9-11H,7-8,12H2,(H,22,24).